The van der Waals surface area contributed by atoms with Crippen LogP contribution in [0, 0.1) is 6.92 Å². The van der Waals surface area contributed by atoms with Gasteiger partial charge in [-0.1, -0.05) is 41.4 Å². The zero-order valence-corrected chi connectivity index (χ0v) is 12.4. The fraction of sp³-hybridized carbons (Fsp3) is 0.0769. The van der Waals surface area contributed by atoms with Crippen LogP contribution in [0.3, 0.4) is 0 Å². The summed E-state index contributed by atoms with van der Waals surface area (Å²) in [5, 5.41) is 0.444. The van der Waals surface area contributed by atoms with E-state index in [4.69, 9.17) is 23.2 Å². The number of aryl methyl sites for hydroxylation is 1. The molecule has 0 aliphatic heterocycles. The van der Waals surface area contributed by atoms with Gasteiger partial charge in [-0.05, 0) is 36.8 Å². The number of hydrogen-bond donors (Lipinski definition) is 1. The first-order chi connectivity index (χ1) is 8.90. The molecule has 2 rings (SSSR count). The van der Waals surface area contributed by atoms with Gasteiger partial charge >= 0.3 is 0 Å². The van der Waals surface area contributed by atoms with Crippen LogP contribution in [0.15, 0.2) is 47.4 Å². The van der Waals surface area contributed by atoms with E-state index in [0.29, 0.717) is 10.7 Å². The van der Waals surface area contributed by atoms with E-state index in [9.17, 15) is 8.42 Å². The summed E-state index contributed by atoms with van der Waals surface area (Å²) in [6, 6.07) is 11.4. The zero-order valence-electron chi connectivity index (χ0n) is 10.0. The molecule has 0 unspecified atom stereocenters. The number of sulfonamides is 1. The van der Waals surface area contributed by atoms with Gasteiger partial charge in [-0.2, -0.15) is 0 Å². The lowest BCUT2D eigenvalue weighted by Crippen LogP contribution is -2.14. The van der Waals surface area contributed by atoms with Gasteiger partial charge in [-0.3, -0.25) is 4.72 Å². The quantitative estimate of drug-likeness (QED) is 0.926. The van der Waals surface area contributed by atoms with Gasteiger partial charge < -0.3 is 0 Å². The van der Waals surface area contributed by atoms with Gasteiger partial charge in [0.05, 0.1) is 10.7 Å². The summed E-state index contributed by atoms with van der Waals surface area (Å²) in [7, 11) is -3.76. The van der Waals surface area contributed by atoms with Crippen LogP contribution in [0.25, 0.3) is 0 Å². The predicted molar refractivity (Wildman–Crippen MR) is 78.4 cm³/mol. The van der Waals surface area contributed by atoms with Crippen molar-refractivity contribution in [3.8, 4) is 0 Å². The molecule has 0 amide bonds. The van der Waals surface area contributed by atoms with Crippen LogP contribution in [-0.2, 0) is 10.0 Å². The third kappa shape index (κ3) is 3.21. The molecule has 100 valence electrons. The third-order valence-electron chi connectivity index (χ3n) is 2.57. The topological polar surface area (TPSA) is 46.2 Å². The van der Waals surface area contributed by atoms with Crippen molar-refractivity contribution in [3.63, 3.8) is 0 Å². The number of hydrogen-bond acceptors (Lipinski definition) is 2. The molecular formula is C13H11Cl2NO2S. The number of rotatable bonds is 3. The standard InChI is InChI=1S/C13H11Cl2NO2S/c1-9-4-2-3-5-12(9)16-19(17,18)13-8-10(14)6-7-11(13)15/h2-8,16H,1H3. The Hall–Kier alpha value is -1.23. The molecule has 0 aliphatic carbocycles. The van der Waals surface area contributed by atoms with Crippen LogP contribution >= 0.6 is 23.2 Å². The molecule has 6 heteroatoms. The third-order valence-corrected chi connectivity index (χ3v) is 4.65. The van der Waals surface area contributed by atoms with Crippen molar-refractivity contribution in [1.82, 2.24) is 0 Å². The van der Waals surface area contributed by atoms with E-state index in [1.54, 1.807) is 12.1 Å². The first-order valence-electron chi connectivity index (χ1n) is 5.43. The molecular weight excluding hydrogens is 305 g/mol. The fourth-order valence-electron chi connectivity index (χ4n) is 1.57. The van der Waals surface area contributed by atoms with Crippen LogP contribution in [0.1, 0.15) is 5.56 Å². The van der Waals surface area contributed by atoms with E-state index < -0.39 is 10.0 Å². The molecule has 0 spiro atoms. The van der Waals surface area contributed by atoms with Crippen LogP contribution in [-0.4, -0.2) is 8.42 Å². The predicted octanol–water partition coefficient (Wildman–Crippen LogP) is 4.10. The van der Waals surface area contributed by atoms with E-state index in [0.717, 1.165) is 5.56 Å². The first-order valence-corrected chi connectivity index (χ1v) is 7.67. The monoisotopic (exact) mass is 315 g/mol. The van der Waals surface area contributed by atoms with Gasteiger partial charge in [0.2, 0.25) is 0 Å². The van der Waals surface area contributed by atoms with E-state index >= 15 is 0 Å². The summed E-state index contributed by atoms with van der Waals surface area (Å²) < 4.78 is 27.0. The molecule has 19 heavy (non-hydrogen) atoms. The Morgan fingerprint density at radius 3 is 2.42 bits per heavy atom. The Morgan fingerprint density at radius 2 is 1.74 bits per heavy atom. The van der Waals surface area contributed by atoms with Crippen LogP contribution in [0.5, 0.6) is 0 Å². The minimum Gasteiger partial charge on any atom is -0.279 e. The number of nitrogens with one attached hydrogen (secondary N) is 1. The maximum atomic E-state index is 12.3. The van der Waals surface area contributed by atoms with E-state index in [-0.39, 0.29) is 9.92 Å². The van der Waals surface area contributed by atoms with E-state index in [1.807, 2.05) is 19.1 Å². The maximum Gasteiger partial charge on any atom is 0.263 e. The summed E-state index contributed by atoms with van der Waals surface area (Å²) in [4.78, 5) is -0.0371. The Bertz CT molecular complexity index is 714. The summed E-state index contributed by atoms with van der Waals surface area (Å²) in [6.07, 6.45) is 0. The first kappa shape index (κ1) is 14.2. The second-order valence-corrected chi connectivity index (χ2v) is 6.49. The van der Waals surface area contributed by atoms with Gasteiger partial charge in [0.15, 0.2) is 0 Å². The van der Waals surface area contributed by atoms with Crippen molar-refractivity contribution in [2.45, 2.75) is 11.8 Å². The van der Waals surface area contributed by atoms with Gasteiger partial charge in [0.1, 0.15) is 4.90 Å². The molecule has 3 nitrogen and oxygen atoms in total. The lowest BCUT2D eigenvalue weighted by molar-refractivity contribution is 0.601. The molecule has 0 bridgehead atoms. The molecule has 0 atom stereocenters. The smallest absolute Gasteiger partial charge is 0.263 e. The largest absolute Gasteiger partial charge is 0.279 e. The van der Waals surface area contributed by atoms with E-state index in [2.05, 4.69) is 4.72 Å². The van der Waals surface area contributed by atoms with Crippen molar-refractivity contribution in [2.24, 2.45) is 0 Å². The van der Waals surface area contributed by atoms with Crippen molar-refractivity contribution in [1.29, 1.82) is 0 Å². The summed E-state index contributed by atoms with van der Waals surface area (Å²) >= 11 is 11.7. The van der Waals surface area contributed by atoms with Crippen LogP contribution in [0.4, 0.5) is 5.69 Å². The minimum absolute atomic E-state index is 0.0371. The van der Waals surface area contributed by atoms with Crippen molar-refractivity contribution < 1.29 is 8.42 Å². The lowest BCUT2D eigenvalue weighted by Gasteiger charge is -2.11. The minimum atomic E-state index is -3.76. The number of halogens is 2. The number of benzene rings is 2. The van der Waals surface area contributed by atoms with Gasteiger partial charge in [-0.15, -0.1) is 0 Å². The summed E-state index contributed by atoms with van der Waals surface area (Å²) in [5.41, 5.74) is 1.34. The summed E-state index contributed by atoms with van der Waals surface area (Å²) in [5.74, 6) is 0. The number of anilines is 1. The highest BCUT2D eigenvalue weighted by Crippen LogP contribution is 2.27. The molecule has 0 radical (unpaired) electrons. The molecule has 0 heterocycles. The maximum absolute atomic E-state index is 12.3. The SMILES string of the molecule is Cc1ccccc1NS(=O)(=O)c1cc(Cl)ccc1Cl. The molecule has 0 aromatic heterocycles. The lowest BCUT2D eigenvalue weighted by atomic mass is 10.2. The average Bonchev–Trinajstić information content (AvgIpc) is 2.35. The molecule has 0 fully saturated rings. The second kappa shape index (κ2) is 5.41. The summed E-state index contributed by atoms with van der Waals surface area (Å²) in [6.45, 7) is 1.82. The number of para-hydroxylation sites is 1. The van der Waals surface area contributed by atoms with Crippen molar-refractivity contribution in [2.75, 3.05) is 4.72 Å². The zero-order chi connectivity index (χ0) is 14.0. The average molecular weight is 316 g/mol. The highest BCUT2D eigenvalue weighted by atomic mass is 35.5. The normalized spacial score (nSPS) is 11.3. The Kier molecular flexibility index (Phi) is 4.04. The highest BCUT2D eigenvalue weighted by molar-refractivity contribution is 7.92. The molecule has 1 N–H and O–H groups in total. The molecule has 0 aliphatic rings. The molecule has 0 saturated heterocycles. The molecule has 2 aromatic carbocycles. The van der Waals surface area contributed by atoms with Crippen molar-refractivity contribution in [3.05, 3.63) is 58.1 Å². The molecule has 0 saturated carbocycles. The highest BCUT2D eigenvalue weighted by Gasteiger charge is 2.19. The van der Waals surface area contributed by atoms with Gasteiger partial charge in [0, 0.05) is 5.02 Å². The van der Waals surface area contributed by atoms with Crippen molar-refractivity contribution >= 4 is 38.9 Å². The fourth-order valence-corrected chi connectivity index (χ4v) is 3.46. The van der Waals surface area contributed by atoms with Gasteiger partial charge in [-0.25, -0.2) is 8.42 Å². The van der Waals surface area contributed by atoms with Crippen LogP contribution < -0.4 is 4.72 Å². The van der Waals surface area contributed by atoms with Crippen LogP contribution in [0.2, 0.25) is 10.0 Å². The van der Waals surface area contributed by atoms with E-state index in [1.165, 1.54) is 18.2 Å². The Balaban J connectivity index is 2.44. The Morgan fingerprint density at radius 1 is 1.05 bits per heavy atom. The Labute approximate surface area is 122 Å². The van der Waals surface area contributed by atoms with Gasteiger partial charge in [0.25, 0.3) is 10.0 Å². The molecule has 2 aromatic rings. The second-order valence-electron chi connectivity index (χ2n) is 4.00.